The molecular weight excluding hydrogens is 336 g/mol. The van der Waals surface area contributed by atoms with E-state index in [1.54, 1.807) is 22.7 Å². The van der Waals surface area contributed by atoms with Gasteiger partial charge in [-0.15, -0.1) is 22.7 Å². The van der Waals surface area contributed by atoms with Gasteiger partial charge in [-0.3, -0.25) is 4.79 Å². The molecule has 0 radical (unpaired) electrons. The van der Waals surface area contributed by atoms with E-state index in [2.05, 4.69) is 34.7 Å². The van der Waals surface area contributed by atoms with E-state index in [1.165, 1.54) is 15.3 Å². The topological polar surface area (TPSA) is 42.0 Å². The first-order valence-corrected chi connectivity index (χ1v) is 9.73. The molecule has 0 atom stereocenters. The first-order valence-electron chi connectivity index (χ1n) is 8.04. The summed E-state index contributed by atoms with van der Waals surface area (Å²) in [4.78, 5) is 19.1. The minimum atomic E-state index is -0.00967. The van der Waals surface area contributed by atoms with Crippen LogP contribution in [0, 0.1) is 6.92 Å². The Labute approximate surface area is 150 Å². The maximum absolute atomic E-state index is 12.1. The van der Waals surface area contributed by atoms with Crippen LogP contribution >= 0.6 is 22.7 Å². The third-order valence-electron chi connectivity index (χ3n) is 3.81. The number of nitrogens with one attached hydrogen (secondary N) is 1. The van der Waals surface area contributed by atoms with Crippen molar-refractivity contribution in [1.29, 1.82) is 0 Å². The number of carbonyl (C=O) groups is 1. The van der Waals surface area contributed by atoms with Gasteiger partial charge in [-0.25, -0.2) is 4.98 Å². The summed E-state index contributed by atoms with van der Waals surface area (Å²) in [6.45, 7) is 4.77. The first kappa shape index (κ1) is 16.9. The van der Waals surface area contributed by atoms with Crippen molar-refractivity contribution in [1.82, 2.24) is 10.3 Å². The monoisotopic (exact) mass is 356 g/mol. The fourth-order valence-corrected chi connectivity index (χ4v) is 4.08. The zero-order valence-corrected chi connectivity index (χ0v) is 15.5. The van der Waals surface area contributed by atoms with Gasteiger partial charge in [0.05, 0.1) is 15.6 Å². The molecule has 1 aromatic carbocycles. The van der Waals surface area contributed by atoms with Crippen LogP contribution in [-0.4, -0.2) is 17.4 Å². The van der Waals surface area contributed by atoms with Gasteiger partial charge in [0.2, 0.25) is 0 Å². The van der Waals surface area contributed by atoms with Gasteiger partial charge in [-0.2, -0.15) is 0 Å². The van der Waals surface area contributed by atoms with E-state index >= 15 is 0 Å². The fourth-order valence-electron chi connectivity index (χ4n) is 2.42. The highest BCUT2D eigenvalue weighted by Crippen LogP contribution is 2.29. The molecule has 0 aliphatic heterocycles. The molecule has 0 aliphatic carbocycles. The molecule has 2 aromatic heterocycles. The van der Waals surface area contributed by atoms with Gasteiger partial charge in [0.25, 0.3) is 5.91 Å². The van der Waals surface area contributed by atoms with E-state index in [0.29, 0.717) is 6.54 Å². The molecule has 1 amide bonds. The molecular formula is C19H20N2OS2. The van der Waals surface area contributed by atoms with Crippen molar-refractivity contribution < 1.29 is 4.79 Å². The Hall–Kier alpha value is -1.98. The predicted octanol–water partition coefficient (Wildman–Crippen LogP) is 4.71. The average molecular weight is 357 g/mol. The zero-order valence-electron chi connectivity index (χ0n) is 13.8. The number of benzene rings is 1. The Morgan fingerprint density at radius 1 is 1.17 bits per heavy atom. The van der Waals surface area contributed by atoms with Crippen LogP contribution in [0.15, 0.2) is 41.8 Å². The lowest BCUT2D eigenvalue weighted by Crippen LogP contribution is -2.25. The quantitative estimate of drug-likeness (QED) is 0.695. The minimum absolute atomic E-state index is 0.00967. The van der Waals surface area contributed by atoms with Crippen molar-refractivity contribution in [3.63, 3.8) is 0 Å². The van der Waals surface area contributed by atoms with Crippen molar-refractivity contribution >= 4 is 28.6 Å². The van der Waals surface area contributed by atoms with Crippen molar-refractivity contribution in [2.75, 3.05) is 6.54 Å². The molecule has 0 bridgehead atoms. The second-order valence-electron chi connectivity index (χ2n) is 5.57. The molecule has 5 heteroatoms. The highest BCUT2D eigenvalue weighted by atomic mass is 32.1. The molecule has 2 heterocycles. The Morgan fingerprint density at radius 2 is 1.96 bits per heavy atom. The largest absolute Gasteiger partial charge is 0.352 e. The standard InChI is InChI=1S/C19H20N2OS2/c1-3-14-4-6-15(7-5-14)19(22)20-11-10-16-8-9-18(24-16)17-12-23-13(2)21-17/h4-9,12H,3,10-11H2,1-2H3,(H,20,22). The summed E-state index contributed by atoms with van der Waals surface area (Å²) in [5.74, 6) is -0.00967. The summed E-state index contributed by atoms with van der Waals surface area (Å²) in [5, 5.41) is 6.17. The Bertz CT molecular complexity index is 818. The van der Waals surface area contributed by atoms with E-state index in [9.17, 15) is 4.79 Å². The molecule has 124 valence electrons. The van der Waals surface area contributed by atoms with Gasteiger partial charge in [0.15, 0.2) is 0 Å². The summed E-state index contributed by atoms with van der Waals surface area (Å²) in [7, 11) is 0. The molecule has 0 spiro atoms. The summed E-state index contributed by atoms with van der Waals surface area (Å²) >= 11 is 3.41. The lowest BCUT2D eigenvalue weighted by molar-refractivity contribution is 0.0954. The molecule has 3 rings (SSSR count). The van der Waals surface area contributed by atoms with Crippen LogP contribution in [0.1, 0.15) is 32.7 Å². The number of amides is 1. The molecule has 1 N–H and O–H groups in total. The Morgan fingerprint density at radius 3 is 2.62 bits per heavy atom. The number of aryl methyl sites for hydroxylation is 2. The maximum atomic E-state index is 12.1. The number of thiazole rings is 1. The second-order valence-corrected chi connectivity index (χ2v) is 7.80. The first-order chi connectivity index (χ1) is 11.7. The summed E-state index contributed by atoms with van der Waals surface area (Å²) in [6, 6.07) is 12.0. The maximum Gasteiger partial charge on any atom is 0.251 e. The molecule has 24 heavy (non-hydrogen) atoms. The lowest BCUT2D eigenvalue weighted by atomic mass is 10.1. The Kier molecular flexibility index (Phi) is 5.43. The molecule has 3 nitrogen and oxygen atoms in total. The molecule has 0 saturated heterocycles. The van der Waals surface area contributed by atoms with Crippen molar-refractivity contribution in [3.05, 3.63) is 62.8 Å². The van der Waals surface area contributed by atoms with E-state index in [4.69, 9.17) is 0 Å². The number of nitrogens with zero attached hydrogens (tertiary/aromatic N) is 1. The normalized spacial score (nSPS) is 10.8. The van der Waals surface area contributed by atoms with Crippen LogP contribution in [-0.2, 0) is 12.8 Å². The fraction of sp³-hybridized carbons (Fsp3) is 0.263. The number of aromatic nitrogens is 1. The third-order valence-corrected chi connectivity index (χ3v) is 5.76. The van der Waals surface area contributed by atoms with Crippen LogP contribution in [0.3, 0.4) is 0 Å². The number of hydrogen-bond acceptors (Lipinski definition) is 4. The molecule has 0 fully saturated rings. The second kappa shape index (κ2) is 7.73. The SMILES string of the molecule is CCc1ccc(C(=O)NCCc2ccc(-c3csc(C)n3)s2)cc1. The van der Waals surface area contributed by atoms with Crippen molar-refractivity contribution in [3.8, 4) is 10.6 Å². The predicted molar refractivity (Wildman–Crippen MR) is 102 cm³/mol. The van der Waals surface area contributed by atoms with Crippen LogP contribution < -0.4 is 5.32 Å². The van der Waals surface area contributed by atoms with Crippen LogP contribution in [0.2, 0.25) is 0 Å². The van der Waals surface area contributed by atoms with Gasteiger partial charge in [0, 0.05) is 22.4 Å². The van der Waals surface area contributed by atoms with Crippen LogP contribution in [0.4, 0.5) is 0 Å². The van der Waals surface area contributed by atoms with E-state index in [1.807, 2.05) is 31.2 Å². The number of hydrogen-bond donors (Lipinski definition) is 1. The van der Waals surface area contributed by atoms with Gasteiger partial charge in [0.1, 0.15) is 0 Å². The summed E-state index contributed by atoms with van der Waals surface area (Å²) < 4.78 is 0. The van der Waals surface area contributed by atoms with E-state index in [0.717, 1.165) is 29.1 Å². The zero-order chi connectivity index (χ0) is 16.9. The smallest absolute Gasteiger partial charge is 0.251 e. The molecule has 3 aromatic rings. The number of carbonyl (C=O) groups excluding carboxylic acids is 1. The molecule has 0 unspecified atom stereocenters. The summed E-state index contributed by atoms with van der Waals surface area (Å²) in [5.41, 5.74) is 3.01. The number of thiophene rings is 1. The lowest BCUT2D eigenvalue weighted by Gasteiger charge is -2.05. The minimum Gasteiger partial charge on any atom is -0.352 e. The van der Waals surface area contributed by atoms with Crippen molar-refractivity contribution in [2.45, 2.75) is 26.7 Å². The molecule has 0 aliphatic rings. The third kappa shape index (κ3) is 4.10. The number of rotatable bonds is 6. The Balaban J connectivity index is 1.52. The van der Waals surface area contributed by atoms with E-state index < -0.39 is 0 Å². The van der Waals surface area contributed by atoms with Gasteiger partial charge in [-0.1, -0.05) is 19.1 Å². The van der Waals surface area contributed by atoms with Crippen LogP contribution in [0.5, 0.6) is 0 Å². The average Bonchev–Trinajstić information content (AvgIpc) is 3.24. The summed E-state index contributed by atoms with van der Waals surface area (Å²) in [6.07, 6.45) is 1.83. The van der Waals surface area contributed by atoms with Gasteiger partial charge >= 0.3 is 0 Å². The van der Waals surface area contributed by atoms with Crippen LogP contribution in [0.25, 0.3) is 10.6 Å². The molecule has 0 saturated carbocycles. The highest BCUT2D eigenvalue weighted by molar-refractivity contribution is 7.16. The highest BCUT2D eigenvalue weighted by Gasteiger charge is 2.08. The van der Waals surface area contributed by atoms with Crippen molar-refractivity contribution in [2.24, 2.45) is 0 Å². The van der Waals surface area contributed by atoms with E-state index in [-0.39, 0.29) is 5.91 Å². The van der Waals surface area contributed by atoms with Gasteiger partial charge in [-0.05, 0) is 49.6 Å². The van der Waals surface area contributed by atoms with Gasteiger partial charge < -0.3 is 5.32 Å².